The Bertz CT molecular complexity index is 632. The van der Waals surface area contributed by atoms with Crippen LogP contribution < -0.4 is 5.32 Å². The smallest absolute Gasteiger partial charge is 0.335 e. The van der Waals surface area contributed by atoms with Crippen molar-refractivity contribution < 1.29 is 14.6 Å². The number of benzene rings is 1. The third-order valence-corrected chi connectivity index (χ3v) is 2.75. The van der Waals surface area contributed by atoms with Crippen molar-refractivity contribution in [2.75, 3.05) is 12.4 Å². The standard InChI is InChI=1S/C14H13ClN2O3/c1-20-8-9-3-2-4-11(5-9)16-13-7-10(14(18)19)6-12(15)17-13/h2-7H,8H2,1H3,(H,16,17)(H,18,19). The van der Waals surface area contributed by atoms with E-state index in [1.54, 1.807) is 7.11 Å². The van der Waals surface area contributed by atoms with Gasteiger partial charge in [0.1, 0.15) is 11.0 Å². The third kappa shape index (κ3) is 3.69. The molecule has 0 unspecified atom stereocenters. The van der Waals surface area contributed by atoms with Gasteiger partial charge in [0.2, 0.25) is 0 Å². The molecule has 0 saturated carbocycles. The van der Waals surface area contributed by atoms with E-state index in [4.69, 9.17) is 21.4 Å². The van der Waals surface area contributed by atoms with Crippen LogP contribution >= 0.6 is 11.6 Å². The summed E-state index contributed by atoms with van der Waals surface area (Å²) in [5.41, 5.74) is 1.86. The average Bonchev–Trinajstić information content (AvgIpc) is 2.38. The summed E-state index contributed by atoms with van der Waals surface area (Å²) in [6.07, 6.45) is 0. The Balaban J connectivity index is 2.25. The van der Waals surface area contributed by atoms with Gasteiger partial charge in [0.25, 0.3) is 0 Å². The molecule has 5 nitrogen and oxygen atoms in total. The van der Waals surface area contributed by atoms with Crippen molar-refractivity contribution in [3.8, 4) is 0 Å². The van der Waals surface area contributed by atoms with Crippen LogP contribution in [-0.2, 0) is 11.3 Å². The molecule has 0 aliphatic carbocycles. The monoisotopic (exact) mass is 292 g/mol. The lowest BCUT2D eigenvalue weighted by Gasteiger charge is -2.08. The summed E-state index contributed by atoms with van der Waals surface area (Å²) < 4.78 is 5.06. The van der Waals surface area contributed by atoms with Gasteiger partial charge in [-0.15, -0.1) is 0 Å². The van der Waals surface area contributed by atoms with Gasteiger partial charge in [-0.25, -0.2) is 9.78 Å². The third-order valence-electron chi connectivity index (χ3n) is 2.55. The molecule has 0 bridgehead atoms. The minimum absolute atomic E-state index is 0.0838. The number of pyridine rings is 1. The van der Waals surface area contributed by atoms with E-state index in [1.807, 2.05) is 24.3 Å². The van der Waals surface area contributed by atoms with Crippen LogP contribution in [0.4, 0.5) is 11.5 Å². The maximum Gasteiger partial charge on any atom is 0.335 e. The van der Waals surface area contributed by atoms with Gasteiger partial charge in [-0.2, -0.15) is 0 Å². The second kappa shape index (κ2) is 6.36. The molecule has 1 aromatic carbocycles. The lowest BCUT2D eigenvalue weighted by atomic mass is 10.2. The quantitative estimate of drug-likeness (QED) is 0.827. The van der Waals surface area contributed by atoms with E-state index < -0.39 is 5.97 Å². The van der Waals surface area contributed by atoms with Crippen LogP contribution in [0, 0.1) is 0 Å². The highest BCUT2D eigenvalue weighted by Gasteiger charge is 2.08. The Labute approximate surface area is 121 Å². The molecule has 1 heterocycles. The fraction of sp³-hybridized carbons (Fsp3) is 0.143. The lowest BCUT2D eigenvalue weighted by Crippen LogP contribution is -2.01. The van der Waals surface area contributed by atoms with Crippen molar-refractivity contribution in [2.24, 2.45) is 0 Å². The minimum atomic E-state index is -1.05. The molecule has 0 aliphatic heterocycles. The summed E-state index contributed by atoms with van der Waals surface area (Å²) in [6, 6.07) is 10.3. The number of nitrogens with zero attached hydrogens (tertiary/aromatic N) is 1. The zero-order valence-corrected chi connectivity index (χ0v) is 11.5. The number of ether oxygens (including phenoxy) is 1. The second-order valence-electron chi connectivity index (χ2n) is 4.13. The summed E-state index contributed by atoms with van der Waals surface area (Å²) in [7, 11) is 1.62. The van der Waals surface area contributed by atoms with E-state index in [1.165, 1.54) is 12.1 Å². The number of carbonyl (C=O) groups is 1. The first-order valence-corrected chi connectivity index (χ1v) is 6.22. The maximum atomic E-state index is 11.0. The van der Waals surface area contributed by atoms with Crippen LogP contribution in [0.25, 0.3) is 0 Å². The van der Waals surface area contributed by atoms with Crippen LogP contribution in [-0.4, -0.2) is 23.2 Å². The molecule has 0 spiro atoms. The predicted molar refractivity (Wildman–Crippen MR) is 76.6 cm³/mol. The molecular formula is C14H13ClN2O3. The number of aromatic carboxylic acids is 1. The van der Waals surface area contributed by atoms with E-state index in [2.05, 4.69) is 10.3 Å². The van der Waals surface area contributed by atoms with Gasteiger partial charge in [0.15, 0.2) is 0 Å². The van der Waals surface area contributed by atoms with Gasteiger partial charge in [-0.05, 0) is 29.8 Å². The molecule has 0 radical (unpaired) electrons. The normalized spacial score (nSPS) is 10.3. The van der Waals surface area contributed by atoms with Crippen LogP contribution in [0.3, 0.4) is 0 Å². The summed E-state index contributed by atoms with van der Waals surface area (Å²) >= 11 is 5.81. The maximum absolute atomic E-state index is 11.0. The number of anilines is 2. The van der Waals surface area contributed by atoms with Gasteiger partial charge in [-0.1, -0.05) is 23.7 Å². The number of hydrogen-bond donors (Lipinski definition) is 2. The van der Waals surface area contributed by atoms with Gasteiger partial charge < -0.3 is 15.2 Å². The number of rotatable bonds is 5. The average molecular weight is 293 g/mol. The van der Waals surface area contributed by atoms with Crippen LogP contribution in [0.2, 0.25) is 5.15 Å². The summed E-state index contributed by atoms with van der Waals surface area (Å²) in [5.74, 6) is -0.671. The number of carboxylic acid groups (broad SMARTS) is 1. The van der Waals surface area contributed by atoms with E-state index in [9.17, 15) is 4.79 Å². The number of halogens is 1. The molecular weight excluding hydrogens is 280 g/mol. The molecule has 20 heavy (non-hydrogen) atoms. The highest BCUT2D eigenvalue weighted by Crippen LogP contribution is 2.20. The Morgan fingerprint density at radius 1 is 1.40 bits per heavy atom. The van der Waals surface area contributed by atoms with Crippen LogP contribution in [0.5, 0.6) is 0 Å². The second-order valence-corrected chi connectivity index (χ2v) is 4.51. The molecule has 104 valence electrons. The molecule has 2 rings (SSSR count). The Morgan fingerprint density at radius 3 is 2.90 bits per heavy atom. The lowest BCUT2D eigenvalue weighted by molar-refractivity contribution is 0.0697. The van der Waals surface area contributed by atoms with E-state index in [0.717, 1.165) is 11.3 Å². The Morgan fingerprint density at radius 2 is 2.20 bits per heavy atom. The SMILES string of the molecule is COCc1cccc(Nc2cc(C(=O)O)cc(Cl)n2)c1. The van der Waals surface area contributed by atoms with Crippen molar-refractivity contribution in [3.05, 3.63) is 52.7 Å². The summed E-state index contributed by atoms with van der Waals surface area (Å²) in [6.45, 7) is 0.499. The Hall–Kier alpha value is -2.11. The fourth-order valence-electron chi connectivity index (χ4n) is 1.74. The zero-order valence-electron chi connectivity index (χ0n) is 10.8. The van der Waals surface area contributed by atoms with Gasteiger partial charge in [0.05, 0.1) is 12.2 Å². The molecule has 0 aliphatic rings. The van der Waals surface area contributed by atoms with Gasteiger partial charge in [0, 0.05) is 12.8 Å². The van der Waals surface area contributed by atoms with Crippen molar-refractivity contribution in [3.63, 3.8) is 0 Å². The van der Waals surface area contributed by atoms with Crippen molar-refractivity contribution in [1.29, 1.82) is 0 Å². The number of methoxy groups -OCH3 is 1. The van der Waals surface area contributed by atoms with Crippen molar-refractivity contribution in [1.82, 2.24) is 4.98 Å². The topological polar surface area (TPSA) is 71.5 Å². The van der Waals surface area contributed by atoms with Gasteiger partial charge >= 0.3 is 5.97 Å². The van der Waals surface area contributed by atoms with Crippen LogP contribution in [0.1, 0.15) is 15.9 Å². The largest absolute Gasteiger partial charge is 0.478 e. The molecule has 2 aromatic rings. The predicted octanol–water partition coefficient (Wildman–Crippen LogP) is 3.32. The molecule has 6 heteroatoms. The molecule has 1 aromatic heterocycles. The summed E-state index contributed by atoms with van der Waals surface area (Å²) in [4.78, 5) is 15.0. The van der Waals surface area contributed by atoms with Crippen molar-refractivity contribution >= 4 is 29.1 Å². The number of hydrogen-bond acceptors (Lipinski definition) is 4. The first kappa shape index (κ1) is 14.3. The fourth-order valence-corrected chi connectivity index (χ4v) is 1.95. The summed E-state index contributed by atoms with van der Waals surface area (Å²) in [5, 5.41) is 12.1. The highest BCUT2D eigenvalue weighted by molar-refractivity contribution is 6.29. The number of nitrogens with one attached hydrogen (secondary N) is 1. The van der Waals surface area contributed by atoms with E-state index >= 15 is 0 Å². The minimum Gasteiger partial charge on any atom is -0.478 e. The molecule has 0 amide bonds. The van der Waals surface area contributed by atoms with Crippen LogP contribution in [0.15, 0.2) is 36.4 Å². The first-order chi connectivity index (χ1) is 9.58. The molecule has 0 atom stereocenters. The Kier molecular flexibility index (Phi) is 4.55. The van der Waals surface area contributed by atoms with Gasteiger partial charge in [-0.3, -0.25) is 0 Å². The van der Waals surface area contributed by atoms with E-state index in [-0.39, 0.29) is 10.7 Å². The first-order valence-electron chi connectivity index (χ1n) is 5.84. The van der Waals surface area contributed by atoms with Crippen molar-refractivity contribution in [2.45, 2.75) is 6.61 Å². The zero-order chi connectivity index (χ0) is 14.5. The van der Waals surface area contributed by atoms with E-state index in [0.29, 0.717) is 12.4 Å². The molecule has 2 N–H and O–H groups in total. The molecule has 0 fully saturated rings. The number of aromatic nitrogens is 1. The number of carboxylic acids is 1. The highest BCUT2D eigenvalue weighted by atomic mass is 35.5. The molecule has 0 saturated heterocycles.